The van der Waals surface area contributed by atoms with Crippen molar-refractivity contribution in [2.75, 3.05) is 7.11 Å². The Morgan fingerprint density at radius 1 is 1.00 bits per heavy atom. The molecule has 0 unspecified atom stereocenters. The Morgan fingerprint density at radius 2 is 1.69 bits per heavy atom. The highest BCUT2D eigenvalue weighted by molar-refractivity contribution is 6.36. The minimum atomic E-state index is -0.905. The lowest BCUT2D eigenvalue weighted by Crippen LogP contribution is -2.43. The van der Waals surface area contributed by atoms with Crippen LogP contribution in [0.4, 0.5) is 0 Å². The lowest BCUT2D eigenvalue weighted by Gasteiger charge is -2.17. The Balaban J connectivity index is 1.66. The number of aromatic nitrogens is 1. The lowest BCUT2D eigenvalue weighted by molar-refractivity contribution is -0.142. The minimum Gasteiger partial charge on any atom is -0.489 e. The zero-order valence-electron chi connectivity index (χ0n) is 17.0. The Bertz CT molecular complexity index is 1090. The van der Waals surface area contributed by atoms with Crippen molar-refractivity contribution in [1.82, 2.24) is 10.3 Å². The molecule has 0 spiro atoms. The summed E-state index contributed by atoms with van der Waals surface area (Å²) in [5.41, 5.74) is 1.66. The maximum absolute atomic E-state index is 12.5. The van der Waals surface area contributed by atoms with Gasteiger partial charge in [0.2, 0.25) is 0 Å². The third-order valence-corrected chi connectivity index (χ3v) is 5.61. The zero-order valence-corrected chi connectivity index (χ0v) is 19.2. The van der Waals surface area contributed by atoms with Crippen molar-refractivity contribution >= 4 is 46.7 Å². The zero-order chi connectivity index (χ0) is 23.1. The molecule has 1 aromatic heterocycles. The Labute approximate surface area is 200 Å². The SMILES string of the molecule is COC(=O)[C@H](Cc1ccc(OCc2c(Cl)cccc2Cl)cc1)NC(=O)c1cccnc1Cl. The number of nitrogens with zero attached hydrogens (tertiary/aromatic N) is 1. The number of rotatable bonds is 8. The molecule has 3 rings (SSSR count). The molecule has 0 saturated heterocycles. The fourth-order valence-corrected chi connectivity index (χ4v) is 3.62. The summed E-state index contributed by atoms with van der Waals surface area (Å²) in [4.78, 5) is 28.6. The molecule has 1 heterocycles. The van der Waals surface area contributed by atoms with Crippen molar-refractivity contribution in [3.8, 4) is 5.75 Å². The molecule has 0 aliphatic carbocycles. The third-order valence-electron chi connectivity index (χ3n) is 4.60. The predicted octanol–water partition coefficient (Wildman–Crippen LogP) is 5.13. The number of nitrogens with one attached hydrogen (secondary N) is 1. The predicted molar refractivity (Wildman–Crippen MR) is 123 cm³/mol. The maximum atomic E-state index is 12.5. The molecular formula is C23H19Cl3N2O4. The summed E-state index contributed by atoms with van der Waals surface area (Å²) >= 11 is 18.3. The van der Waals surface area contributed by atoms with E-state index in [9.17, 15) is 9.59 Å². The van der Waals surface area contributed by atoms with Crippen LogP contribution in [0, 0.1) is 0 Å². The van der Waals surface area contributed by atoms with Crippen LogP contribution in [0.25, 0.3) is 0 Å². The van der Waals surface area contributed by atoms with Gasteiger partial charge in [-0.3, -0.25) is 4.79 Å². The summed E-state index contributed by atoms with van der Waals surface area (Å²) < 4.78 is 10.6. The summed E-state index contributed by atoms with van der Waals surface area (Å²) in [5.74, 6) is -0.493. The van der Waals surface area contributed by atoms with Crippen LogP contribution in [0.15, 0.2) is 60.8 Å². The molecule has 0 radical (unpaired) electrons. The fraction of sp³-hybridized carbons (Fsp3) is 0.174. The highest BCUT2D eigenvalue weighted by Gasteiger charge is 2.24. The number of esters is 1. The maximum Gasteiger partial charge on any atom is 0.328 e. The third kappa shape index (κ3) is 6.13. The van der Waals surface area contributed by atoms with E-state index in [0.717, 1.165) is 5.56 Å². The van der Waals surface area contributed by atoms with E-state index < -0.39 is 17.9 Å². The van der Waals surface area contributed by atoms with Gasteiger partial charge >= 0.3 is 5.97 Å². The Kier molecular flexibility index (Phi) is 8.33. The quantitative estimate of drug-likeness (QED) is 0.347. The molecule has 0 aliphatic rings. The van der Waals surface area contributed by atoms with Crippen molar-refractivity contribution in [1.29, 1.82) is 0 Å². The first-order valence-corrected chi connectivity index (χ1v) is 10.7. The molecule has 9 heteroatoms. The highest BCUT2D eigenvalue weighted by Crippen LogP contribution is 2.26. The molecule has 1 atom stereocenters. The van der Waals surface area contributed by atoms with E-state index in [-0.39, 0.29) is 23.7 Å². The molecule has 0 saturated carbocycles. The average Bonchev–Trinajstić information content (AvgIpc) is 2.79. The van der Waals surface area contributed by atoms with Gasteiger partial charge in [0.15, 0.2) is 0 Å². The number of hydrogen-bond donors (Lipinski definition) is 1. The van der Waals surface area contributed by atoms with Gasteiger partial charge in [0.05, 0.1) is 12.7 Å². The van der Waals surface area contributed by atoms with E-state index in [4.69, 9.17) is 44.3 Å². The number of carbonyl (C=O) groups excluding carboxylic acids is 2. The van der Waals surface area contributed by atoms with E-state index in [0.29, 0.717) is 21.4 Å². The van der Waals surface area contributed by atoms with E-state index in [1.807, 2.05) is 0 Å². The van der Waals surface area contributed by atoms with E-state index in [1.54, 1.807) is 48.5 Å². The standard InChI is InChI=1S/C23H19Cl3N2O4/c1-31-23(30)20(28-22(29)16-4-3-11-27-21(16)26)12-14-7-9-15(10-8-14)32-13-17-18(24)5-2-6-19(17)25/h2-11,20H,12-13H2,1H3,(H,28,29)/t20-/m0/s1. The van der Waals surface area contributed by atoms with Crippen molar-refractivity contribution in [3.63, 3.8) is 0 Å². The average molecular weight is 494 g/mol. The second-order valence-electron chi connectivity index (χ2n) is 6.73. The summed E-state index contributed by atoms with van der Waals surface area (Å²) in [7, 11) is 1.26. The Hall–Kier alpha value is -2.80. The van der Waals surface area contributed by atoms with Gasteiger partial charge in [-0.25, -0.2) is 9.78 Å². The Morgan fingerprint density at radius 3 is 2.31 bits per heavy atom. The van der Waals surface area contributed by atoms with Crippen molar-refractivity contribution in [3.05, 3.63) is 92.7 Å². The van der Waals surface area contributed by atoms with Crippen LogP contribution in [0.5, 0.6) is 5.75 Å². The monoisotopic (exact) mass is 492 g/mol. The number of pyridine rings is 1. The summed E-state index contributed by atoms with van der Waals surface area (Å²) in [6.07, 6.45) is 1.69. The lowest BCUT2D eigenvalue weighted by atomic mass is 10.1. The first-order chi connectivity index (χ1) is 15.4. The molecule has 0 aliphatic heterocycles. The topological polar surface area (TPSA) is 77.5 Å². The van der Waals surface area contributed by atoms with Gasteiger partial charge in [0.1, 0.15) is 23.6 Å². The molecule has 0 fully saturated rings. The first kappa shape index (κ1) is 23.9. The second-order valence-corrected chi connectivity index (χ2v) is 7.90. The smallest absolute Gasteiger partial charge is 0.328 e. The van der Waals surface area contributed by atoms with Gasteiger partial charge in [0.25, 0.3) is 5.91 Å². The number of ether oxygens (including phenoxy) is 2. The van der Waals surface area contributed by atoms with Crippen LogP contribution in [-0.2, 0) is 22.6 Å². The van der Waals surface area contributed by atoms with Crippen molar-refractivity contribution in [2.24, 2.45) is 0 Å². The highest BCUT2D eigenvalue weighted by atomic mass is 35.5. The molecule has 0 bridgehead atoms. The van der Waals surface area contributed by atoms with Crippen LogP contribution in [0.2, 0.25) is 15.2 Å². The summed E-state index contributed by atoms with van der Waals surface area (Å²) in [6.45, 7) is 0.213. The van der Waals surface area contributed by atoms with E-state index in [2.05, 4.69) is 10.3 Å². The molecule has 166 valence electrons. The molecule has 3 aromatic rings. The number of hydrogen-bond acceptors (Lipinski definition) is 5. The fourth-order valence-electron chi connectivity index (χ4n) is 2.91. The number of carbonyl (C=O) groups is 2. The van der Waals surface area contributed by atoms with Crippen LogP contribution in [0.1, 0.15) is 21.5 Å². The van der Waals surface area contributed by atoms with Gasteiger partial charge in [-0.05, 0) is 42.0 Å². The number of halogens is 3. The second kappa shape index (κ2) is 11.2. The van der Waals surface area contributed by atoms with Crippen LogP contribution in [0.3, 0.4) is 0 Å². The minimum absolute atomic E-state index is 0.0498. The molecule has 1 N–H and O–H groups in total. The molecule has 2 aromatic carbocycles. The number of amides is 1. The van der Waals surface area contributed by atoms with Gasteiger partial charge in [-0.15, -0.1) is 0 Å². The van der Waals surface area contributed by atoms with Gasteiger partial charge in [-0.2, -0.15) is 0 Å². The van der Waals surface area contributed by atoms with E-state index >= 15 is 0 Å². The normalized spacial score (nSPS) is 11.5. The molecule has 6 nitrogen and oxygen atoms in total. The summed E-state index contributed by atoms with van der Waals surface area (Å²) in [5, 5.41) is 3.75. The first-order valence-electron chi connectivity index (χ1n) is 9.53. The van der Waals surface area contributed by atoms with E-state index in [1.165, 1.54) is 19.4 Å². The molecule has 1 amide bonds. The van der Waals surface area contributed by atoms with Gasteiger partial charge in [0, 0.05) is 28.2 Å². The number of methoxy groups -OCH3 is 1. The van der Waals surface area contributed by atoms with Crippen molar-refractivity contribution in [2.45, 2.75) is 19.1 Å². The van der Waals surface area contributed by atoms with Crippen LogP contribution >= 0.6 is 34.8 Å². The van der Waals surface area contributed by atoms with Crippen LogP contribution < -0.4 is 10.1 Å². The van der Waals surface area contributed by atoms with Gasteiger partial charge in [-0.1, -0.05) is 53.0 Å². The summed E-state index contributed by atoms with van der Waals surface area (Å²) in [6, 6.07) is 14.6. The van der Waals surface area contributed by atoms with Crippen molar-refractivity contribution < 1.29 is 19.1 Å². The molecule has 32 heavy (non-hydrogen) atoms. The number of benzene rings is 2. The molecular weight excluding hydrogens is 475 g/mol. The largest absolute Gasteiger partial charge is 0.489 e. The van der Waals surface area contributed by atoms with Crippen LogP contribution in [-0.4, -0.2) is 30.0 Å². The van der Waals surface area contributed by atoms with Gasteiger partial charge < -0.3 is 14.8 Å².